The summed E-state index contributed by atoms with van der Waals surface area (Å²) in [6.45, 7) is 6.65. The highest BCUT2D eigenvalue weighted by atomic mass is 16.5. The van der Waals surface area contributed by atoms with Gasteiger partial charge in [-0.3, -0.25) is 0 Å². The fourth-order valence-corrected chi connectivity index (χ4v) is 0.820. The lowest BCUT2D eigenvalue weighted by Crippen LogP contribution is -2.03. The van der Waals surface area contributed by atoms with E-state index in [2.05, 4.69) is 30.9 Å². The molecule has 68 valence electrons. The maximum absolute atomic E-state index is 5.35. The van der Waals surface area contributed by atoms with Crippen LogP contribution in [0.3, 0.4) is 0 Å². The highest BCUT2D eigenvalue weighted by Crippen LogP contribution is 2.21. The molecule has 0 saturated heterocycles. The van der Waals surface area contributed by atoms with Gasteiger partial charge >= 0.3 is 0 Å². The largest absolute Gasteiger partial charge is 0.339 e. The van der Waals surface area contributed by atoms with Crippen molar-refractivity contribution in [2.24, 2.45) is 11.7 Å². The van der Waals surface area contributed by atoms with Gasteiger partial charge in [-0.15, -0.1) is 0 Å². The smallest absolute Gasteiger partial charge is 0.229 e. The number of hydrogen-bond acceptors (Lipinski definition) is 4. The van der Waals surface area contributed by atoms with E-state index in [1.165, 1.54) is 0 Å². The minimum absolute atomic E-state index is 0.304. The van der Waals surface area contributed by atoms with Crippen molar-refractivity contribution in [1.82, 2.24) is 10.1 Å². The van der Waals surface area contributed by atoms with E-state index < -0.39 is 0 Å². The Balaban J connectivity index is 2.74. The summed E-state index contributed by atoms with van der Waals surface area (Å²) in [6.07, 6.45) is 0. The molecule has 1 unspecified atom stereocenters. The molecule has 0 saturated carbocycles. The van der Waals surface area contributed by atoms with Gasteiger partial charge in [0.15, 0.2) is 5.82 Å². The van der Waals surface area contributed by atoms with Crippen molar-refractivity contribution >= 4 is 0 Å². The quantitative estimate of drug-likeness (QED) is 0.740. The summed E-state index contributed by atoms with van der Waals surface area (Å²) in [5.41, 5.74) is 5.35. The molecule has 1 aromatic heterocycles. The second kappa shape index (κ2) is 3.67. The molecule has 4 nitrogen and oxygen atoms in total. The van der Waals surface area contributed by atoms with E-state index in [-0.39, 0.29) is 0 Å². The zero-order valence-electron chi connectivity index (χ0n) is 7.74. The third kappa shape index (κ3) is 1.82. The van der Waals surface area contributed by atoms with E-state index in [0.29, 0.717) is 30.1 Å². The van der Waals surface area contributed by atoms with E-state index >= 15 is 0 Å². The molecule has 0 aliphatic heterocycles. The predicted molar refractivity (Wildman–Crippen MR) is 45.4 cm³/mol. The summed E-state index contributed by atoms with van der Waals surface area (Å²) in [5.74, 6) is 2.08. The third-order valence-electron chi connectivity index (χ3n) is 2.06. The molecule has 12 heavy (non-hydrogen) atoms. The molecule has 0 aliphatic carbocycles. The lowest BCUT2D eigenvalue weighted by molar-refractivity contribution is 0.329. The normalized spacial score (nSPS) is 13.8. The first kappa shape index (κ1) is 9.19. The minimum Gasteiger partial charge on any atom is -0.339 e. The van der Waals surface area contributed by atoms with Crippen LogP contribution in [0, 0.1) is 5.92 Å². The Morgan fingerprint density at radius 2 is 2.08 bits per heavy atom. The van der Waals surface area contributed by atoms with Gasteiger partial charge in [-0.2, -0.15) is 4.98 Å². The summed E-state index contributed by atoms with van der Waals surface area (Å²) < 4.78 is 5.04. The van der Waals surface area contributed by atoms with Crippen LogP contribution in [0.4, 0.5) is 0 Å². The third-order valence-corrected chi connectivity index (χ3v) is 2.06. The van der Waals surface area contributed by atoms with Crippen molar-refractivity contribution in [3.63, 3.8) is 0 Å². The molecule has 1 aromatic rings. The van der Waals surface area contributed by atoms with Crippen LogP contribution in [-0.4, -0.2) is 10.1 Å². The molecule has 0 amide bonds. The highest BCUT2D eigenvalue weighted by molar-refractivity contribution is 4.92. The highest BCUT2D eigenvalue weighted by Gasteiger charge is 2.16. The molecule has 0 bridgehead atoms. The molecule has 0 fully saturated rings. The van der Waals surface area contributed by atoms with Crippen LogP contribution in [0.1, 0.15) is 38.4 Å². The molecular weight excluding hydrogens is 154 g/mol. The van der Waals surface area contributed by atoms with Crippen LogP contribution < -0.4 is 5.73 Å². The maximum Gasteiger partial charge on any atom is 0.229 e. The van der Waals surface area contributed by atoms with Crippen LogP contribution in [-0.2, 0) is 6.54 Å². The van der Waals surface area contributed by atoms with Gasteiger partial charge in [0.05, 0.1) is 6.54 Å². The maximum atomic E-state index is 5.35. The van der Waals surface area contributed by atoms with Gasteiger partial charge in [-0.1, -0.05) is 25.9 Å². The van der Waals surface area contributed by atoms with Gasteiger partial charge < -0.3 is 10.3 Å². The van der Waals surface area contributed by atoms with E-state index in [4.69, 9.17) is 10.3 Å². The second-order valence-electron chi connectivity index (χ2n) is 3.29. The SMILES string of the molecule is CC(C)C(C)c1nc(CN)no1. The Bertz CT molecular complexity index is 244. The average molecular weight is 169 g/mol. The summed E-state index contributed by atoms with van der Waals surface area (Å²) in [6, 6.07) is 0. The second-order valence-corrected chi connectivity index (χ2v) is 3.29. The lowest BCUT2D eigenvalue weighted by Gasteiger charge is -2.08. The number of nitrogens with two attached hydrogens (primary N) is 1. The van der Waals surface area contributed by atoms with Gasteiger partial charge in [0.25, 0.3) is 0 Å². The first-order valence-electron chi connectivity index (χ1n) is 4.17. The molecule has 0 spiro atoms. The molecule has 4 heteroatoms. The number of aromatic nitrogens is 2. The average Bonchev–Trinajstić information content (AvgIpc) is 2.50. The lowest BCUT2D eigenvalue weighted by atomic mass is 9.98. The fourth-order valence-electron chi connectivity index (χ4n) is 0.820. The summed E-state index contributed by atoms with van der Waals surface area (Å²) in [7, 11) is 0. The molecule has 0 aliphatic rings. The molecule has 0 radical (unpaired) electrons. The Hall–Kier alpha value is -0.900. The first-order valence-corrected chi connectivity index (χ1v) is 4.17. The Labute approximate surface area is 72.1 Å². The van der Waals surface area contributed by atoms with Gasteiger partial charge in [-0.05, 0) is 5.92 Å². The van der Waals surface area contributed by atoms with Gasteiger partial charge in [0.2, 0.25) is 5.89 Å². The Kier molecular flexibility index (Phi) is 2.81. The van der Waals surface area contributed by atoms with Crippen LogP contribution in [0.2, 0.25) is 0 Å². The standard InChI is InChI=1S/C8H15N3O/c1-5(2)6(3)8-10-7(4-9)11-12-8/h5-6H,4,9H2,1-3H3. The van der Waals surface area contributed by atoms with Crippen molar-refractivity contribution < 1.29 is 4.52 Å². The molecule has 2 N–H and O–H groups in total. The molecule has 0 aromatic carbocycles. The zero-order chi connectivity index (χ0) is 9.14. The Morgan fingerprint density at radius 3 is 2.50 bits per heavy atom. The summed E-state index contributed by atoms with van der Waals surface area (Å²) in [4.78, 5) is 4.15. The van der Waals surface area contributed by atoms with E-state index in [1.54, 1.807) is 0 Å². The number of nitrogens with zero attached hydrogens (tertiary/aromatic N) is 2. The predicted octanol–water partition coefficient (Wildman–Crippen LogP) is 1.29. The van der Waals surface area contributed by atoms with Gasteiger partial charge in [0.1, 0.15) is 0 Å². The van der Waals surface area contributed by atoms with Crippen LogP contribution >= 0.6 is 0 Å². The summed E-state index contributed by atoms with van der Waals surface area (Å²) in [5, 5.41) is 3.73. The fraction of sp³-hybridized carbons (Fsp3) is 0.750. The Morgan fingerprint density at radius 1 is 1.42 bits per heavy atom. The van der Waals surface area contributed by atoms with E-state index in [9.17, 15) is 0 Å². The molecular formula is C8H15N3O. The zero-order valence-corrected chi connectivity index (χ0v) is 7.74. The topological polar surface area (TPSA) is 64.9 Å². The first-order chi connectivity index (χ1) is 5.65. The van der Waals surface area contributed by atoms with Crippen molar-refractivity contribution in [2.45, 2.75) is 33.2 Å². The van der Waals surface area contributed by atoms with Crippen molar-refractivity contribution in [3.05, 3.63) is 11.7 Å². The van der Waals surface area contributed by atoms with E-state index in [0.717, 1.165) is 0 Å². The van der Waals surface area contributed by atoms with Crippen LogP contribution in [0.15, 0.2) is 4.52 Å². The van der Waals surface area contributed by atoms with Crippen molar-refractivity contribution in [2.75, 3.05) is 0 Å². The van der Waals surface area contributed by atoms with Crippen LogP contribution in [0.25, 0.3) is 0 Å². The molecule has 1 atom stereocenters. The van der Waals surface area contributed by atoms with Crippen molar-refractivity contribution in [1.29, 1.82) is 0 Å². The number of hydrogen-bond donors (Lipinski definition) is 1. The van der Waals surface area contributed by atoms with E-state index in [1.807, 2.05) is 0 Å². The summed E-state index contributed by atoms with van der Waals surface area (Å²) >= 11 is 0. The van der Waals surface area contributed by atoms with Crippen LogP contribution in [0.5, 0.6) is 0 Å². The minimum atomic E-state index is 0.304. The van der Waals surface area contributed by atoms with Crippen molar-refractivity contribution in [3.8, 4) is 0 Å². The monoisotopic (exact) mass is 169 g/mol. The number of rotatable bonds is 3. The van der Waals surface area contributed by atoms with Gasteiger partial charge in [-0.25, -0.2) is 0 Å². The molecule has 1 heterocycles. The molecule has 1 rings (SSSR count). The van der Waals surface area contributed by atoms with Gasteiger partial charge in [0, 0.05) is 5.92 Å².